The van der Waals surface area contributed by atoms with Gasteiger partial charge >= 0.3 is 0 Å². The number of nitrogens with zero attached hydrogens (tertiary/aromatic N) is 2. The molecule has 0 aromatic carbocycles. The second-order valence-corrected chi connectivity index (χ2v) is 4.15. The third-order valence-electron chi connectivity index (χ3n) is 2.75. The summed E-state index contributed by atoms with van der Waals surface area (Å²) in [4.78, 5) is 22.6. The summed E-state index contributed by atoms with van der Waals surface area (Å²) < 4.78 is 1.82. The maximum absolute atomic E-state index is 11.7. The normalized spacial score (nSPS) is 19.3. The van der Waals surface area contributed by atoms with Crippen molar-refractivity contribution in [3.63, 3.8) is 0 Å². The molecule has 0 aliphatic carbocycles. The van der Waals surface area contributed by atoms with Crippen LogP contribution in [0.15, 0.2) is 18.5 Å². The molecule has 0 saturated carbocycles. The van der Waals surface area contributed by atoms with Crippen LogP contribution in [0.3, 0.4) is 0 Å². The van der Waals surface area contributed by atoms with Gasteiger partial charge in [0.2, 0.25) is 11.8 Å². The minimum atomic E-state index is -0.326. The smallest absolute Gasteiger partial charge is 0.238 e. The first-order valence-corrected chi connectivity index (χ1v) is 6.01. The minimum Gasteiger partial charge on any atom is -0.355 e. The Hall–Kier alpha value is -1.89. The molecular formula is C11H17N5O2. The number of carbonyl (C=O) groups is 2. The van der Waals surface area contributed by atoms with Crippen LogP contribution in [-0.4, -0.2) is 47.3 Å². The number of nitrogens with one attached hydrogen (secondary N) is 3. The first kappa shape index (κ1) is 12.6. The van der Waals surface area contributed by atoms with Gasteiger partial charge in [0.1, 0.15) is 6.04 Å². The quantitative estimate of drug-likeness (QED) is 0.554. The number of carbonyl (C=O) groups excluding carboxylic acids is 2. The summed E-state index contributed by atoms with van der Waals surface area (Å²) in [6.07, 6.45) is 4.44. The zero-order valence-corrected chi connectivity index (χ0v) is 10.1. The van der Waals surface area contributed by atoms with Gasteiger partial charge < -0.3 is 10.6 Å². The Labute approximate surface area is 105 Å². The summed E-state index contributed by atoms with van der Waals surface area (Å²) in [6, 6.07) is 1.54. The van der Waals surface area contributed by atoms with Gasteiger partial charge in [-0.3, -0.25) is 19.6 Å². The Morgan fingerprint density at radius 1 is 1.61 bits per heavy atom. The summed E-state index contributed by atoms with van der Waals surface area (Å²) in [6.45, 7) is 1.93. The van der Waals surface area contributed by atoms with Gasteiger partial charge in [-0.1, -0.05) is 0 Å². The van der Waals surface area contributed by atoms with E-state index in [1.165, 1.54) is 0 Å². The van der Waals surface area contributed by atoms with Crippen molar-refractivity contribution in [2.75, 3.05) is 19.6 Å². The fourth-order valence-corrected chi connectivity index (χ4v) is 1.76. The highest BCUT2D eigenvalue weighted by atomic mass is 16.2. The van der Waals surface area contributed by atoms with Crippen molar-refractivity contribution in [3.8, 4) is 0 Å². The molecule has 1 saturated heterocycles. The molecule has 1 aromatic heterocycles. The summed E-state index contributed by atoms with van der Waals surface area (Å²) in [5, 5.41) is 12.4. The Morgan fingerprint density at radius 2 is 2.50 bits per heavy atom. The van der Waals surface area contributed by atoms with Crippen molar-refractivity contribution in [2.24, 2.45) is 0 Å². The third kappa shape index (κ3) is 3.56. The number of aryl methyl sites for hydroxylation is 1. The molecule has 0 spiro atoms. The van der Waals surface area contributed by atoms with E-state index in [9.17, 15) is 9.59 Å². The molecule has 1 aliphatic heterocycles. The van der Waals surface area contributed by atoms with Gasteiger partial charge in [-0.15, -0.1) is 0 Å². The van der Waals surface area contributed by atoms with E-state index in [1.807, 2.05) is 16.9 Å². The van der Waals surface area contributed by atoms with E-state index in [1.54, 1.807) is 6.20 Å². The molecule has 98 valence electrons. The van der Waals surface area contributed by atoms with Gasteiger partial charge in [0, 0.05) is 32.0 Å². The predicted molar refractivity (Wildman–Crippen MR) is 64.7 cm³/mol. The highest BCUT2D eigenvalue weighted by Gasteiger charge is 2.22. The van der Waals surface area contributed by atoms with E-state index in [-0.39, 0.29) is 24.4 Å². The van der Waals surface area contributed by atoms with Crippen LogP contribution < -0.4 is 16.0 Å². The first-order valence-electron chi connectivity index (χ1n) is 6.01. The summed E-state index contributed by atoms with van der Waals surface area (Å²) >= 11 is 0. The molecule has 1 fully saturated rings. The van der Waals surface area contributed by atoms with Gasteiger partial charge in [0.15, 0.2) is 0 Å². The zero-order chi connectivity index (χ0) is 12.8. The molecular weight excluding hydrogens is 234 g/mol. The van der Waals surface area contributed by atoms with Gasteiger partial charge in [0.25, 0.3) is 0 Å². The summed E-state index contributed by atoms with van der Waals surface area (Å²) in [5.74, 6) is -0.145. The third-order valence-corrected chi connectivity index (χ3v) is 2.75. The van der Waals surface area contributed by atoms with Gasteiger partial charge in [-0.25, -0.2) is 0 Å². The highest BCUT2D eigenvalue weighted by molar-refractivity contribution is 5.86. The van der Waals surface area contributed by atoms with Crippen molar-refractivity contribution < 1.29 is 9.59 Å². The molecule has 3 N–H and O–H groups in total. The monoisotopic (exact) mass is 251 g/mol. The van der Waals surface area contributed by atoms with Crippen LogP contribution in [0, 0.1) is 0 Å². The van der Waals surface area contributed by atoms with Gasteiger partial charge in [-0.2, -0.15) is 5.10 Å². The molecule has 1 aliphatic rings. The molecule has 0 bridgehead atoms. The molecule has 2 rings (SSSR count). The van der Waals surface area contributed by atoms with Crippen LogP contribution in [0.1, 0.15) is 6.42 Å². The van der Waals surface area contributed by atoms with Gasteiger partial charge in [0.05, 0.1) is 6.54 Å². The Bertz CT molecular complexity index is 394. The second kappa shape index (κ2) is 6.15. The second-order valence-electron chi connectivity index (χ2n) is 4.15. The Balaban J connectivity index is 1.61. The summed E-state index contributed by atoms with van der Waals surface area (Å²) in [7, 11) is 0. The lowest BCUT2D eigenvalue weighted by molar-refractivity contribution is -0.126. The zero-order valence-electron chi connectivity index (χ0n) is 10.1. The Morgan fingerprint density at radius 3 is 3.17 bits per heavy atom. The molecule has 2 heterocycles. The highest BCUT2D eigenvalue weighted by Crippen LogP contribution is 1.91. The van der Waals surface area contributed by atoms with Crippen molar-refractivity contribution in [3.05, 3.63) is 18.5 Å². The van der Waals surface area contributed by atoms with E-state index in [2.05, 4.69) is 21.0 Å². The van der Waals surface area contributed by atoms with Crippen LogP contribution in [0.2, 0.25) is 0 Å². The van der Waals surface area contributed by atoms with E-state index in [4.69, 9.17) is 0 Å². The van der Waals surface area contributed by atoms with Gasteiger partial charge in [-0.05, 0) is 12.5 Å². The Kier molecular flexibility index (Phi) is 4.30. The van der Waals surface area contributed by atoms with E-state index in [0.29, 0.717) is 13.1 Å². The van der Waals surface area contributed by atoms with Crippen molar-refractivity contribution in [1.29, 1.82) is 0 Å². The van der Waals surface area contributed by atoms with Crippen LogP contribution in [-0.2, 0) is 16.1 Å². The number of rotatable bonds is 5. The average molecular weight is 251 g/mol. The standard InChI is InChI=1S/C11H17N5O2/c17-10-8-13-9(7-14-10)11(18)12-3-1-5-16-6-2-4-15-16/h2,4,6,9,13H,1,3,5,7-8H2,(H,12,18)(H,14,17). The minimum absolute atomic E-state index is 0.0715. The predicted octanol–water partition coefficient (Wildman–Crippen LogP) is -1.52. The molecule has 1 aromatic rings. The van der Waals surface area contributed by atoms with Crippen LogP contribution in [0.4, 0.5) is 0 Å². The van der Waals surface area contributed by atoms with E-state index in [0.717, 1.165) is 13.0 Å². The lowest BCUT2D eigenvalue weighted by atomic mass is 10.2. The molecule has 1 unspecified atom stereocenters. The molecule has 0 radical (unpaired) electrons. The number of hydrogen-bond acceptors (Lipinski definition) is 4. The van der Waals surface area contributed by atoms with Crippen LogP contribution in [0.25, 0.3) is 0 Å². The maximum Gasteiger partial charge on any atom is 0.238 e. The number of amides is 2. The molecule has 18 heavy (non-hydrogen) atoms. The summed E-state index contributed by atoms with van der Waals surface area (Å²) in [5.41, 5.74) is 0. The van der Waals surface area contributed by atoms with Crippen molar-refractivity contribution in [2.45, 2.75) is 19.0 Å². The van der Waals surface area contributed by atoms with E-state index >= 15 is 0 Å². The number of hydrogen-bond donors (Lipinski definition) is 3. The SMILES string of the molecule is O=C1CNC(C(=O)NCCCn2cccn2)CN1. The van der Waals surface area contributed by atoms with E-state index < -0.39 is 0 Å². The first-order chi connectivity index (χ1) is 8.75. The van der Waals surface area contributed by atoms with Crippen LogP contribution in [0.5, 0.6) is 0 Å². The number of aromatic nitrogens is 2. The van der Waals surface area contributed by atoms with Crippen molar-refractivity contribution >= 4 is 11.8 Å². The largest absolute Gasteiger partial charge is 0.355 e. The molecule has 7 nitrogen and oxygen atoms in total. The van der Waals surface area contributed by atoms with Crippen LogP contribution >= 0.6 is 0 Å². The topological polar surface area (TPSA) is 88.1 Å². The van der Waals surface area contributed by atoms with Crippen molar-refractivity contribution in [1.82, 2.24) is 25.7 Å². The molecule has 2 amide bonds. The number of piperazine rings is 1. The molecule has 7 heteroatoms. The fraction of sp³-hybridized carbons (Fsp3) is 0.545. The fourth-order valence-electron chi connectivity index (χ4n) is 1.76. The lowest BCUT2D eigenvalue weighted by Crippen LogP contribution is -2.58. The lowest BCUT2D eigenvalue weighted by Gasteiger charge is -2.23. The average Bonchev–Trinajstić information content (AvgIpc) is 2.88. The maximum atomic E-state index is 11.7. The molecule has 1 atom stereocenters.